The highest BCUT2D eigenvalue weighted by atomic mass is 16.1. The van der Waals surface area contributed by atoms with E-state index in [1.54, 1.807) is 6.20 Å². The highest BCUT2D eigenvalue weighted by Gasteiger charge is 2.14. The van der Waals surface area contributed by atoms with Crippen molar-refractivity contribution in [2.45, 2.75) is 33.6 Å². The van der Waals surface area contributed by atoms with Crippen LogP contribution in [0.3, 0.4) is 0 Å². The third-order valence-electron chi connectivity index (χ3n) is 2.88. The number of nitrogens with one attached hydrogen (secondary N) is 1. The van der Waals surface area contributed by atoms with Crippen LogP contribution in [0, 0.1) is 18.8 Å². The maximum atomic E-state index is 11.9. The van der Waals surface area contributed by atoms with E-state index < -0.39 is 0 Å². The molecule has 0 aliphatic rings. The summed E-state index contributed by atoms with van der Waals surface area (Å²) in [6.07, 6.45) is 3.12. The van der Waals surface area contributed by atoms with Gasteiger partial charge in [-0.2, -0.15) is 0 Å². The number of nitrogens with two attached hydrogens (primary N) is 1. The van der Waals surface area contributed by atoms with Gasteiger partial charge in [0.1, 0.15) is 5.82 Å². The number of carbonyl (C=O) groups is 1. The zero-order valence-electron chi connectivity index (χ0n) is 11.4. The number of aromatic nitrogens is 1. The van der Waals surface area contributed by atoms with Crippen molar-refractivity contribution < 1.29 is 4.79 Å². The van der Waals surface area contributed by atoms with E-state index >= 15 is 0 Å². The first kappa shape index (κ1) is 14.6. The molecule has 0 saturated heterocycles. The highest BCUT2D eigenvalue weighted by molar-refractivity contribution is 5.90. The molecule has 0 aliphatic heterocycles. The molecule has 1 rings (SSSR count). The van der Waals surface area contributed by atoms with Crippen LogP contribution in [0.1, 0.15) is 32.3 Å². The standard InChI is InChI=1S/C14H23N3O/c1-10(2)7-12(9-15)8-13(18)17-14-11(3)5-4-6-16-14/h4-6,10,12H,7-9,15H2,1-3H3,(H,16,17,18). The SMILES string of the molecule is Cc1cccnc1NC(=O)CC(CN)CC(C)C. The van der Waals surface area contributed by atoms with Gasteiger partial charge in [0.2, 0.25) is 5.91 Å². The van der Waals surface area contributed by atoms with Crippen LogP contribution in [0.15, 0.2) is 18.3 Å². The first-order chi connectivity index (χ1) is 8.52. The number of amides is 1. The van der Waals surface area contributed by atoms with Crippen LogP contribution in [-0.4, -0.2) is 17.4 Å². The second-order valence-electron chi connectivity index (χ2n) is 5.15. The van der Waals surface area contributed by atoms with Crippen LogP contribution < -0.4 is 11.1 Å². The lowest BCUT2D eigenvalue weighted by atomic mass is 9.94. The molecule has 1 amide bonds. The summed E-state index contributed by atoms with van der Waals surface area (Å²) in [5, 5.41) is 2.84. The molecular weight excluding hydrogens is 226 g/mol. The van der Waals surface area contributed by atoms with Crippen LogP contribution >= 0.6 is 0 Å². The largest absolute Gasteiger partial charge is 0.330 e. The van der Waals surface area contributed by atoms with E-state index in [2.05, 4.69) is 24.1 Å². The topological polar surface area (TPSA) is 68.0 Å². The molecule has 100 valence electrons. The number of anilines is 1. The summed E-state index contributed by atoms with van der Waals surface area (Å²) in [5.41, 5.74) is 6.67. The summed E-state index contributed by atoms with van der Waals surface area (Å²) in [7, 11) is 0. The number of hydrogen-bond acceptors (Lipinski definition) is 3. The molecule has 18 heavy (non-hydrogen) atoms. The van der Waals surface area contributed by atoms with Crippen LogP contribution in [0.4, 0.5) is 5.82 Å². The molecule has 1 heterocycles. The Bertz CT molecular complexity index is 390. The average Bonchev–Trinajstić information content (AvgIpc) is 2.30. The summed E-state index contributed by atoms with van der Waals surface area (Å²) in [5.74, 6) is 1.44. The van der Waals surface area contributed by atoms with E-state index in [0.29, 0.717) is 24.7 Å². The Hall–Kier alpha value is -1.42. The molecular formula is C14H23N3O. The fourth-order valence-corrected chi connectivity index (χ4v) is 1.99. The number of carbonyl (C=O) groups excluding carboxylic acids is 1. The summed E-state index contributed by atoms with van der Waals surface area (Å²) in [6.45, 7) is 6.76. The van der Waals surface area contributed by atoms with Gasteiger partial charge in [0, 0.05) is 12.6 Å². The van der Waals surface area contributed by atoms with E-state index in [1.165, 1.54) is 0 Å². The molecule has 0 spiro atoms. The number of pyridine rings is 1. The molecule has 1 aromatic heterocycles. The lowest BCUT2D eigenvalue weighted by Crippen LogP contribution is -2.24. The molecule has 0 radical (unpaired) electrons. The third-order valence-corrected chi connectivity index (χ3v) is 2.88. The predicted octanol–water partition coefficient (Wildman–Crippen LogP) is 2.34. The maximum absolute atomic E-state index is 11.9. The van der Waals surface area contributed by atoms with Crippen molar-refractivity contribution in [1.29, 1.82) is 0 Å². The molecule has 1 unspecified atom stereocenters. The molecule has 0 saturated carbocycles. The predicted molar refractivity (Wildman–Crippen MR) is 74.2 cm³/mol. The van der Waals surface area contributed by atoms with Crippen molar-refractivity contribution in [2.75, 3.05) is 11.9 Å². The normalized spacial score (nSPS) is 12.5. The summed E-state index contributed by atoms with van der Waals surface area (Å²) < 4.78 is 0. The Labute approximate surface area is 109 Å². The molecule has 3 N–H and O–H groups in total. The van der Waals surface area contributed by atoms with Crippen molar-refractivity contribution >= 4 is 11.7 Å². The highest BCUT2D eigenvalue weighted by Crippen LogP contribution is 2.16. The minimum absolute atomic E-state index is 0.00657. The Morgan fingerprint density at radius 3 is 2.78 bits per heavy atom. The van der Waals surface area contributed by atoms with Gasteiger partial charge in [-0.1, -0.05) is 19.9 Å². The Kier molecular flexibility index (Phi) is 5.78. The van der Waals surface area contributed by atoms with Crippen molar-refractivity contribution in [3.63, 3.8) is 0 Å². The molecule has 4 heteroatoms. The van der Waals surface area contributed by atoms with E-state index in [1.807, 2.05) is 19.1 Å². The third kappa shape index (κ3) is 4.84. The van der Waals surface area contributed by atoms with Gasteiger partial charge in [0.05, 0.1) is 0 Å². The molecule has 4 nitrogen and oxygen atoms in total. The van der Waals surface area contributed by atoms with E-state index in [-0.39, 0.29) is 11.8 Å². The molecule has 1 aromatic rings. The van der Waals surface area contributed by atoms with Crippen LogP contribution in [-0.2, 0) is 4.79 Å². The van der Waals surface area contributed by atoms with Crippen LogP contribution in [0.5, 0.6) is 0 Å². The van der Waals surface area contributed by atoms with Gasteiger partial charge in [-0.05, 0) is 43.4 Å². The first-order valence-corrected chi connectivity index (χ1v) is 6.44. The minimum Gasteiger partial charge on any atom is -0.330 e. The van der Waals surface area contributed by atoms with Gasteiger partial charge in [0.25, 0.3) is 0 Å². The fraction of sp³-hybridized carbons (Fsp3) is 0.571. The van der Waals surface area contributed by atoms with E-state index in [0.717, 1.165) is 12.0 Å². The number of hydrogen-bond donors (Lipinski definition) is 2. The van der Waals surface area contributed by atoms with Gasteiger partial charge < -0.3 is 11.1 Å². The van der Waals surface area contributed by atoms with Gasteiger partial charge in [0.15, 0.2) is 0 Å². The number of rotatable bonds is 6. The average molecular weight is 249 g/mol. The number of nitrogens with zero attached hydrogens (tertiary/aromatic N) is 1. The Morgan fingerprint density at radius 1 is 1.50 bits per heavy atom. The fourth-order valence-electron chi connectivity index (χ4n) is 1.99. The minimum atomic E-state index is -0.00657. The molecule has 0 aromatic carbocycles. The van der Waals surface area contributed by atoms with Gasteiger partial charge >= 0.3 is 0 Å². The smallest absolute Gasteiger partial charge is 0.225 e. The zero-order chi connectivity index (χ0) is 13.5. The molecule has 1 atom stereocenters. The Balaban J connectivity index is 2.53. The van der Waals surface area contributed by atoms with Gasteiger partial charge in [-0.15, -0.1) is 0 Å². The number of aryl methyl sites for hydroxylation is 1. The van der Waals surface area contributed by atoms with E-state index in [4.69, 9.17) is 5.73 Å². The molecule has 0 aliphatic carbocycles. The van der Waals surface area contributed by atoms with Crippen molar-refractivity contribution in [3.8, 4) is 0 Å². The van der Waals surface area contributed by atoms with Crippen molar-refractivity contribution in [1.82, 2.24) is 4.98 Å². The maximum Gasteiger partial charge on any atom is 0.225 e. The second kappa shape index (κ2) is 7.11. The summed E-state index contributed by atoms with van der Waals surface area (Å²) in [6, 6.07) is 3.78. The van der Waals surface area contributed by atoms with Gasteiger partial charge in [-0.3, -0.25) is 4.79 Å². The lowest BCUT2D eigenvalue weighted by Gasteiger charge is -2.16. The summed E-state index contributed by atoms with van der Waals surface area (Å²) >= 11 is 0. The first-order valence-electron chi connectivity index (χ1n) is 6.44. The quantitative estimate of drug-likeness (QED) is 0.813. The second-order valence-corrected chi connectivity index (χ2v) is 5.15. The van der Waals surface area contributed by atoms with Gasteiger partial charge in [-0.25, -0.2) is 4.98 Å². The molecule has 0 bridgehead atoms. The van der Waals surface area contributed by atoms with Crippen LogP contribution in [0.25, 0.3) is 0 Å². The monoisotopic (exact) mass is 249 g/mol. The zero-order valence-corrected chi connectivity index (χ0v) is 11.4. The Morgan fingerprint density at radius 2 is 2.22 bits per heavy atom. The summed E-state index contributed by atoms with van der Waals surface area (Å²) in [4.78, 5) is 16.1. The van der Waals surface area contributed by atoms with Crippen LogP contribution in [0.2, 0.25) is 0 Å². The van der Waals surface area contributed by atoms with Crippen molar-refractivity contribution in [2.24, 2.45) is 17.6 Å². The molecule has 0 fully saturated rings. The lowest BCUT2D eigenvalue weighted by molar-refractivity contribution is -0.117. The van der Waals surface area contributed by atoms with E-state index in [9.17, 15) is 4.79 Å². The van der Waals surface area contributed by atoms with Crippen molar-refractivity contribution in [3.05, 3.63) is 23.9 Å².